The first kappa shape index (κ1) is 17.8. The molecular weight excluding hydrogens is 362 g/mol. The molecule has 2 N–H and O–H groups in total. The molecule has 4 rings (SSSR count). The van der Waals surface area contributed by atoms with Crippen LogP contribution >= 0.6 is 0 Å². The Hall–Kier alpha value is -3.55. The zero-order valence-electron chi connectivity index (χ0n) is 15.2. The summed E-state index contributed by atoms with van der Waals surface area (Å²) in [5.74, 6) is 1.03. The van der Waals surface area contributed by atoms with Crippen LogP contribution in [0.3, 0.4) is 0 Å². The van der Waals surface area contributed by atoms with Crippen molar-refractivity contribution < 1.29 is 14.3 Å². The number of H-pyrrole nitrogens is 1. The number of hydrogen-bond donors (Lipinski definition) is 2. The van der Waals surface area contributed by atoms with Crippen LogP contribution in [0.1, 0.15) is 17.3 Å². The summed E-state index contributed by atoms with van der Waals surface area (Å²) < 4.78 is 12.8. The standard InChI is InChI=1S/C20H19N3O5/c1-2-23-15-8-7-12(9-14(15)22-19(25)20(23)26)18(24)21-10-13-11-27-16-5-3-4-6-17(16)28-13/h3-9,13H,2,10-11H2,1H3,(H,21,24)(H,22,25). The first-order valence-electron chi connectivity index (χ1n) is 9.00. The van der Waals surface area contributed by atoms with Crippen molar-refractivity contribution in [2.75, 3.05) is 13.2 Å². The van der Waals surface area contributed by atoms with Gasteiger partial charge in [0.2, 0.25) is 0 Å². The number of para-hydroxylation sites is 2. The van der Waals surface area contributed by atoms with Crippen LogP contribution in [-0.4, -0.2) is 34.7 Å². The maximum absolute atomic E-state index is 12.5. The fourth-order valence-corrected chi connectivity index (χ4v) is 3.21. The molecule has 3 aromatic rings. The Morgan fingerprint density at radius 1 is 1.21 bits per heavy atom. The van der Waals surface area contributed by atoms with E-state index < -0.39 is 11.1 Å². The number of fused-ring (bicyclic) bond motifs is 2. The van der Waals surface area contributed by atoms with Gasteiger partial charge in [0.15, 0.2) is 11.5 Å². The first-order valence-corrected chi connectivity index (χ1v) is 9.00. The van der Waals surface area contributed by atoms with E-state index in [1.807, 2.05) is 24.3 Å². The summed E-state index contributed by atoms with van der Waals surface area (Å²) in [6.45, 7) is 2.76. The van der Waals surface area contributed by atoms with Crippen molar-refractivity contribution in [3.05, 3.63) is 68.7 Å². The lowest BCUT2D eigenvalue weighted by atomic mass is 10.1. The molecule has 1 amide bonds. The smallest absolute Gasteiger partial charge is 0.316 e. The molecule has 0 aliphatic carbocycles. The molecule has 1 aliphatic heterocycles. The largest absolute Gasteiger partial charge is 0.486 e. The third-order valence-electron chi connectivity index (χ3n) is 4.61. The normalized spacial score (nSPS) is 15.4. The van der Waals surface area contributed by atoms with Crippen LogP contribution in [0.25, 0.3) is 11.0 Å². The molecule has 0 saturated carbocycles. The third kappa shape index (κ3) is 3.24. The average molecular weight is 381 g/mol. The second-order valence-electron chi connectivity index (χ2n) is 6.44. The summed E-state index contributed by atoms with van der Waals surface area (Å²) in [4.78, 5) is 38.8. The fourth-order valence-electron chi connectivity index (χ4n) is 3.21. The van der Waals surface area contributed by atoms with E-state index in [4.69, 9.17) is 9.47 Å². The molecule has 0 bridgehead atoms. The molecule has 2 aromatic carbocycles. The number of ether oxygens (including phenoxy) is 2. The number of aryl methyl sites for hydroxylation is 1. The Kier molecular flexibility index (Phi) is 4.60. The van der Waals surface area contributed by atoms with Gasteiger partial charge in [-0.15, -0.1) is 0 Å². The molecule has 2 heterocycles. The van der Waals surface area contributed by atoms with Crippen molar-refractivity contribution in [1.29, 1.82) is 0 Å². The van der Waals surface area contributed by atoms with E-state index in [1.165, 1.54) is 4.57 Å². The zero-order valence-corrected chi connectivity index (χ0v) is 15.2. The van der Waals surface area contributed by atoms with Crippen LogP contribution in [0.4, 0.5) is 0 Å². The van der Waals surface area contributed by atoms with Crippen molar-refractivity contribution in [3.63, 3.8) is 0 Å². The minimum atomic E-state index is -0.710. The maximum atomic E-state index is 12.5. The van der Waals surface area contributed by atoms with Crippen LogP contribution in [0, 0.1) is 0 Å². The van der Waals surface area contributed by atoms with Crippen LogP contribution in [0.2, 0.25) is 0 Å². The number of rotatable bonds is 4. The summed E-state index contributed by atoms with van der Waals surface area (Å²) >= 11 is 0. The lowest BCUT2D eigenvalue weighted by Gasteiger charge is -2.26. The third-order valence-corrected chi connectivity index (χ3v) is 4.61. The van der Waals surface area contributed by atoms with Crippen LogP contribution in [0.15, 0.2) is 52.1 Å². The highest BCUT2D eigenvalue weighted by molar-refractivity contribution is 5.97. The molecule has 0 radical (unpaired) electrons. The van der Waals surface area contributed by atoms with Crippen molar-refractivity contribution in [2.45, 2.75) is 19.6 Å². The average Bonchev–Trinajstić information content (AvgIpc) is 2.72. The molecule has 0 saturated heterocycles. The number of benzene rings is 2. The summed E-state index contributed by atoms with van der Waals surface area (Å²) in [5, 5.41) is 2.81. The van der Waals surface area contributed by atoms with Gasteiger partial charge in [-0.1, -0.05) is 12.1 Å². The van der Waals surface area contributed by atoms with Gasteiger partial charge in [-0.2, -0.15) is 0 Å². The van der Waals surface area contributed by atoms with E-state index in [-0.39, 0.29) is 18.6 Å². The monoisotopic (exact) mass is 381 g/mol. The van der Waals surface area contributed by atoms with Gasteiger partial charge < -0.3 is 24.3 Å². The number of aromatic nitrogens is 2. The van der Waals surface area contributed by atoms with Gasteiger partial charge in [0.05, 0.1) is 17.6 Å². The first-order chi connectivity index (χ1) is 13.6. The molecule has 1 unspecified atom stereocenters. The molecule has 8 heteroatoms. The van der Waals surface area contributed by atoms with Crippen molar-refractivity contribution in [3.8, 4) is 11.5 Å². The van der Waals surface area contributed by atoms with Crippen molar-refractivity contribution in [2.24, 2.45) is 0 Å². The number of hydrogen-bond acceptors (Lipinski definition) is 5. The van der Waals surface area contributed by atoms with Crippen molar-refractivity contribution >= 4 is 16.9 Å². The SMILES string of the molecule is CCn1c(=O)c(=O)[nH]c2cc(C(=O)NCC3COc4ccccc4O3)ccc21. The lowest BCUT2D eigenvalue weighted by molar-refractivity contribution is 0.0789. The molecule has 28 heavy (non-hydrogen) atoms. The van der Waals surface area contributed by atoms with Crippen molar-refractivity contribution in [1.82, 2.24) is 14.9 Å². The number of carbonyl (C=O) groups is 1. The van der Waals surface area contributed by atoms with Gasteiger partial charge in [0.25, 0.3) is 5.91 Å². The number of amides is 1. The van der Waals surface area contributed by atoms with E-state index in [9.17, 15) is 14.4 Å². The highest BCUT2D eigenvalue weighted by atomic mass is 16.6. The van der Waals surface area contributed by atoms with Gasteiger partial charge in [0, 0.05) is 12.1 Å². The van der Waals surface area contributed by atoms with Gasteiger partial charge in [-0.05, 0) is 37.3 Å². The summed E-state index contributed by atoms with van der Waals surface area (Å²) in [6.07, 6.45) is -0.301. The minimum absolute atomic E-state index is 0.274. The van der Waals surface area contributed by atoms with E-state index >= 15 is 0 Å². The highest BCUT2D eigenvalue weighted by Crippen LogP contribution is 2.30. The summed E-state index contributed by atoms with van der Waals surface area (Å²) in [6, 6.07) is 12.2. The van der Waals surface area contributed by atoms with E-state index in [2.05, 4.69) is 10.3 Å². The van der Waals surface area contributed by atoms with Gasteiger partial charge in [0.1, 0.15) is 12.7 Å². The molecule has 0 fully saturated rings. The number of aromatic amines is 1. The minimum Gasteiger partial charge on any atom is -0.486 e. The number of carbonyl (C=O) groups excluding carboxylic acids is 1. The molecule has 1 aromatic heterocycles. The Balaban J connectivity index is 1.50. The maximum Gasteiger partial charge on any atom is 0.316 e. The van der Waals surface area contributed by atoms with Gasteiger partial charge in [-0.25, -0.2) is 0 Å². The van der Waals surface area contributed by atoms with E-state index in [1.54, 1.807) is 25.1 Å². The topological polar surface area (TPSA) is 102 Å². The van der Waals surface area contributed by atoms with Gasteiger partial charge >= 0.3 is 11.1 Å². The Morgan fingerprint density at radius 3 is 2.79 bits per heavy atom. The van der Waals surface area contributed by atoms with Crippen LogP contribution in [0.5, 0.6) is 11.5 Å². The molecule has 144 valence electrons. The lowest BCUT2D eigenvalue weighted by Crippen LogP contribution is -2.40. The molecule has 0 spiro atoms. The molecule has 8 nitrogen and oxygen atoms in total. The zero-order chi connectivity index (χ0) is 19.7. The summed E-state index contributed by atoms with van der Waals surface area (Å²) in [5.41, 5.74) is 0.0661. The molecular formula is C20H19N3O5. The summed E-state index contributed by atoms with van der Waals surface area (Å²) in [7, 11) is 0. The Bertz CT molecular complexity index is 1160. The predicted molar refractivity (Wildman–Crippen MR) is 103 cm³/mol. The highest BCUT2D eigenvalue weighted by Gasteiger charge is 2.21. The Morgan fingerprint density at radius 2 is 2.00 bits per heavy atom. The van der Waals surface area contributed by atoms with Crippen LogP contribution in [-0.2, 0) is 6.54 Å². The van der Waals surface area contributed by atoms with Crippen LogP contribution < -0.4 is 25.9 Å². The van der Waals surface area contributed by atoms with Gasteiger partial charge in [-0.3, -0.25) is 14.4 Å². The number of nitrogens with one attached hydrogen (secondary N) is 2. The van der Waals surface area contributed by atoms with E-state index in [0.29, 0.717) is 41.2 Å². The Labute approximate surface area is 159 Å². The molecule has 1 atom stereocenters. The second kappa shape index (κ2) is 7.22. The fraction of sp³-hybridized carbons (Fsp3) is 0.250. The van der Waals surface area contributed by atoms with E-state index in [0.717, 1.165) is 0 Å². The second-order valence-corrected chi connectivity index (χ2v) is 6.44. The molecule has 1 aliphatic rings. The predicted octanol–water partition coefficient (Wildman–Crippen LogP) is 1.28. The quantitative estimate of drug-likeness (QED) is 0.663. The number of nitrogens with zero attached hydrogens (tertiary/aromatic N) is 1.